The van der Waals surface area contributed by atoms with Gasteiger partial charge in [0, 0.05) is 18.4 Å². The van der Waals surface area contributed by atoms with Crippen LogP contribution < -0.4 is 5.73 Å². The van der Waals surface area contributed by atoms with Gasteiger partial charge in [0.1, 0.15) is 0 Å². The Kier molecular flexibility index (Phi) is 4.34. The molecule has 0 aliphatic heterocycles. The average molecular weight is 259 g/mol. The van der Waals surface area contributed by atoms with Gasteiger partial charge in [0.2, 0.25) is 5.16 Å². The lowest BCUT2D eigenvalue weighted by Gasteiger charge is -2.00. The van der Waals surface area contributed by atoms with Crippen LogP contribution in [0.3, 0.4) is 0 Å². The summed E-state index contributed by atoms with van der Waals surface area (Å²) in [5.74, 6) is 6.65. The molecule has 0 spiro atoms. The molecule has 0 radical (unpaired) electrons. The minimum Gasteiger partial charge on any atom is -0.320 e. The quantitative estimate of drug-likeness (QED) is 0.652. The Morgan fingerprint density at radius 1 is 1.33 bits per heavy atom. The van der Waals surface area contributed by atoms with Crippen LogP contribution in [0.5, 0.6) is 0 Å². The van der Waals surface area contributed by atoms with Gasteiger partial charge in [-0.25, -0.2) is 4.68 Å². The molecule has 0 unspecified atom stereocenters. The molecule has 2 aromatic rings. The number of hydrogen-bond donors (Lipinski definition) is 1. The van der Waals surface area contributed by atoms with Gasteiger partial charge in [0.25, 0.3) is 0 Å². The van der Waals surface area contributed by atoms with Crippen molar-refractivity contribution in [3.63, 3.8) is 0 Å². The van der Waals surface area contributed by atoms with E-state index in [1.165, 1.54) is 5.56 Å². The van der Waals surface area contributed by atoms with Gasteiger partial charge in [-0.3, -0.25) is 0 Å². The van der Waals surface area contributed by atoms with E-state index >= 15 is 0 Å². The average Bonchev–Trinajstić information content (AvgIpc) is 2.81. The predicted octanol–water partition coefficient (Wildman–Crippen LogP) is 0.813. The highest BCUT2D eigenvalue weighted by molar-refractivity contribution is 7.98. The third-order valence-corrected chi connectivity index (χ3v) is 3.32. The fraction of sp³-hybridized carbons (Fsp3) is 0.250. The van der Waals surface area contributed by atoms with Gasteiger partial charge >= 0.3 is 0 Å². The zero-order valence-electron chi connectivity index (χ0n) is 10.00. The summed E-state index contributed by atoms with van der Waals surface area (Å²) in [6, 6.07) is 8.09. The Morgan fingerprint density at radius 3 is 2.72 bits per heavy atom. The van der Waals surface area contributed by atoms with Crippen molar-refractivity contribution in [1.82, 2.24) is 20.2 Å². The number of tetrazole rings is 1. The molecule has 0 aliphatic carbocycles. The monoisotopic (exact) mass is 259 g/mol. The second-order valence-corrected chi connectivity index (χ2v) is 4.52. The van der Waals surface area contributed by atoms with Gasteiger partial charge in [-0.15, -0.1) is 5.10 Å². The highest BCUT2D eigenvalue weighted by Crippen LogP contribution is 2.19. The lowest BCUT2D eigenvalue weighted by Crippen LogP contribution is -1.93. The Bertz CT molecular complexity index is 564. The van der Waals surface area contributed by atoms with E-state index in [2.05, 4.69) is 39.5 Å². The van der Waals surface area contributed by atoms with Crippen LogP contribution in [0.2, 0.25) is 0 Å². The molecule has 1 aromatic carbocycles. The van der Waals surface area contributed by atoms with Crippen LogP contribution in [0.25, 0.3) is 0 Å². The van der Waals surface area contributed by atoms with Crippen molar-refractivity contribution < 1.29 is 0 Å². The molecule has 18 heavy (non-hydrogen) atoms. The topological polar surface area (TPSA) is 69.6 Å². The van der Waals surface area contributed by atoms with Crippen LogP contribution in [0.4, 0.5) is 0 Å². The summed E-state index contributed by atoms with van der Waals surface area (Å²) in [7, 11) is 1.83. The number of rotatable bonds is 3. The van der Waals surface area contributed by atoms with Crippen LogP contribution in [0, 0.1) is 11.8 Å². The first-order valence-corrected chi connectivity index (χ1v) is 6.41. The maximum absolute atomic E-state index is 5.32. The molecular formula is C12H13N5S. The maximum atomic E-state index is 5.32. The third-order valence-electron chi connectivity index (χ3n) is 2.24. The van der Waals surface area contributed by atoms with Gasteiger partial charge in [-0.2, -0.15) is 0 Å². The number of hydrogen-bond acceptors (Lipinski definition) is 5. The molecule has 2 rings (SSSR count). The second-order valence-electron chi connectivity index (χ2n) is 3.58. The smallest absolute Gasteiger partial charge is 0.209 e. The van der Waals surface area contributed by atoms with Crippen molar-refractivity contribution in [2.24, 2.45) is 12.8 Å². The van der Waals surface area contributed by atoms with Crippen LogP contribution in [-0.2, 0) is 12.8 Å². The standard InChI is InChI=1S/C12H13N5S/c1-17-12(14-15-16-17)18-9-11-6-4-10(5-7-11)3-2-8-13/h4-7H,8-9,13H2,1H3. The van der Waals surface area contributed by atoms with Crippen LogP contribution in [0.15, 0.2) is 29.4 Å². The predicted molar refractivity (Wildman–Crippen MR) is 70.7 cm³/mol. The van der Waals surface area contributed by atoms with E-state index in [0.29, 0.717) is 6.54 Å². The lowest BCUT2D eigenvalue weighted by atomic mass is 10.1. The molecule has 0 aliphatic rings. The van der Waals surface area contributed by atoms with E-state index in [4.69, 9.17) is 5.73 Å². The third kappa shape index (κ3) is 3.32. The van der Waals surface area contributed by atoms with Crippen LogP contribution in [0.1, 0.15) is 11.1 Å². The molecule has 0 bridgehead atoms. The molecule has 2 N–H and O–H groups in total. The maximum Gasteiger partial charge on any atom is 0.209 e. The number of thioether (sulfide) groups is 1. The summed E-state index contributed by atoms with van der Waals surface area (Å²) >= 11 is 1.60. The molecule has 0 saturated carbocycles. The van der Waals surface area contributed by atoms with Gasteiger partial charge < -0.3 is 5.73 Å². The second kappa shape index (κ2) is 6.19. The zero-order valence-corrected chi connectivity index (χ0v) is 10.8. The minimum absolute atomic E-state index is 0.386. The van der Waals surface area contributed by atoms with Crippen molar-refractivity contribution in [1.29, 1.82) is 0 Å². The van der Waals surface area contributed by atoms with Crippen molar-refractivity contribution >= 4 is 11.8 Å². The van der Waals surface area contributed by atoms with E-state index < -0.39 is 0 Å². The summed E-state index contributed by atoms with van der Waals surface area (Å²) in [4.78, 5) is 0. The fourth-order valence-electron chi connectivity index (χ4n) is 1.33. The summed E-state index contributed by atoms with van der Waals surface area (Å²) in [6.45, 7) is 0.386. The van der Waals surface area contributed by atoms with E-state index in [9.17, 15) is 0 Å². The molecule has 0 saturated heterocycles. The lowest BCUT2D eigenvalue weighted by molar-refractivity contribution is 0.664. The molecule has 0 amide bonds. The highest BCUT2D eigenvalue weighted by atomic mass is 32.2. The molecule has 6 heteroatoms. The van der Waals surface area contributed by atoms with Crippen molar-refractivity contribution in [2.75, 3.05) is 6.54 Å². The fourth-order valence-corrected chi connectivity index (χ4v) is 2.13. The van der Waals surface area contributed by atoms with Crippen LogP contribution in [-0.4, -0.2) is 26.8 Å². The van der Waals surface area contributed by atoms with Crippen molar-refractivity contribution in [2.45, 2.75) is 10.9 Å². The molecule has 0 atom stereocenters. The van der Waals surface area contributed by atoms with Gasteiger partial charge in [-0.1, -0.05) is 35.7 Å². The number of aryl methyl sites for hydroxylation is 1. The molecular weight excluding hydrogens is 246 g/mol. The Morgan fingerprint density at radius 2 is 2.11 bits per heavy atom. The Labute approximate surface area is 110 Å². The zero-order chi connectivity index (χ0) is 12.8. The molecule has 92 valence electrons. The number of aromatic nitrogens is 4. The number of benzene rings is 1. The molecule has 5 nitrogen and oxygen atoms in total. The minimum atomic E-state index is 0.386. The molecule has 1 heterocycles. The van der Waals surface area contributed by atoms with E-state index in [0.717, 1.165) is 16.5 Å². The van der Waals surface area contributed by atoms with E-state index in [1.54, 1.807) is 16.4 Å². The molecule has 0 fully saturated rings. The number of nitrogens with two attached hydrogens (primary N) is 1. The summed E-state index contributed by atoms with van der Waals surface area (Å²) in [5.41, 5.74) is 7.51. The van der Waals surface area contributed by atoms with Gasteiger partial charge in [0.15, 0.2) is 0 Å². The van der Waals surface area contributed by atoms with Gasteiger partial charge in [0.05, 0.1) is 6.54 Å². The first-order chi connectivity index (χ1) is 8.79. The number of nitrogens with zero attached hydrogens (tertiary/aromatic N) is 4. The first kappa shape index (κ1) is 12.6. The van der Waals surface area contributed by atoms with E-state index in [1.807, 2.05) is 19.2 Å². The largest absolute Gasteiger partial charge is 0.320 e. The van der Waals surface area contributed by atoms with Gasteiger partial charge in [-0.05, 0) is 28.1 Å². The summed E-state index contributed by atoms with van der Waals surface area (Å²) in [6.07, 6.45) is 0. The summed E-state index contributed by atoms with van der Waals surface area (Å²) in [5, 5.41) is 12.1. The first-order valence-electron chi connectivity index (χ1n) is 5.42. The SMILES string of the molecule is Cn1nnnc1SCc1ccc(C#CCN)cc1. The van der Waals surface area contributed by atoms with E-state index in [-0.39, 0.29) is 0 Å². The Hall–Kier alpha value is -1.84. The molecule has 1 aromatic heterocycles. The van der Waals surface area contributed by atoms with Crippen molar-refractivity contribution in [3.05, 3.63) is 35.4 Å². The normalized spacial score (nSPS) is 9.89. The van der Waals surface area contributed by atoms with Crippen LogP contribution >= 0.6 is 11.8 Å². The summed E-state index contributed by atoms with van der Waals surface area (Å²) < 4.78 is 1.66. The van der Waals surface area contributed by atoms with Crippen molar-refractivity contribution in [3.8, 4) is 11.8 Å². The Balaban J connectivity index is 1.96. The highest BCUT2D eigenvalue weighted by Gasteiger charge is 2.02.